The number of carbonyl (C=O) groups excluding carboxylic acids is 1. The lowest BCUT2D eigenvalue weighted by Crippen LogP contribution is -2.35. The van der Waals surface area contributed by atoms with E-state index >= 15 is 0 Å². The van der Waals surface area contributed by atoms with Crippen molar-refractivity contribution >= 4 is 44.3 Å². The Kier molecular flexibility index (Phi) is 5.33. The number of hydrogen-bond acceptors (Lipinski definition) is 6. The van der Waals surface area contributed by atoms with Gasteiger partial charge in [-0.25, -0.2) is 13.4 Å². The molecule has 1 aromatic carbocycles. The third kappa shape index (κ3) is 4.17. The summed E-state index contributed by atoms with van der Waals surface area (Å²) in [6.07, 6.45) is 2.01. The van der Waals surface area contributed by atoms with Crippen molar-refractivity contribution in [3.63, 3.8) is 0 Å². The molecule has 4 rings (SSSR count). The summed E-state index contributed by atoms with van der Waals surface area (Å²) in [5.41, 5.74) is 3.44. The van der Waals surface area contributed by atoms with Crippen molar-refractivity contribution in [3.05, 3.63) is 57.9 Å². The summed E-state index contributed by atoms with van der Waals surface area (Å²) in [6.45, 7) is 0.767. The quantitative estimate of drug-likeness (QED) is 0.669. The summed E-state index contributed by atoms with van der Waals surface area (Å²) in [5, 5.41) is 7.83. The molecule has 0 unspecified atom stereocenters. The first-order chi connectivity index (χ1) is 13.4. The van der Waals surface area contributed by atoms with Crippen LogP contribution >= 0.6 is 22.7 Å². The third-order valence-corrected chi connectivity index (χ3v) is 7.78. The van der Waals surface area contributed by atoms with E-state index in [1.807, 2.05) is 41.1 Å². The Morgan fingerprint density at radius 2 is 2.11 bits per heavy atom. The molecule has 3 aromatic rings. The van der Waals surface area contributed by atoms with Crippen LogP contribution in [0.5, 0.6) is 0 Å². The van der Waals surface area contributed by atoms with E-state index in [-0.39, 0.29) is 12.3 Å². The van der Waals surface area contributed by atoms with Gasteiger partial charge in [-0.15, -0.1) is 22.7 Å². The fourth-order valence-electron chi connectivity index (χ4n) is 3.24. The van der Waals surface area contributed by atoms with Gasteiger partial charge >= 0.3 is 0 Å². The fraction of sp³-hybridized carbons (Fsp3) is 0.263. The lowest BCUT2D eigenvalue weighted by molar-refractivity contribution is -0.115. The molecule has 0 saturated heterocycles. The van der Waals surface area contributed by atoms with E-state index in [0.717, 1.165) is 32.4 Å². The van der Waals surface area contributed by atoms with Gasteiger partial charge in [-0.3, -0.25) is 4.79 Å². The first-order valence-corrected chi connectivity index (χ1v) is 12.3. The van der Waals surface area contributed by atoms with Crippen molar-refractivity contribution in [3.8, 4) is 9.88 Å². The van der Waals surface area contributed by atoms with E-state index in [1.54, 1.807) is 11.3 Å². The van der Waals surface area contributed by atoms with Crippen LogP contribution in [0.1, 0.15) is 16.8 Å². The second-order valence-corrected chi connectivity index (χ2v) is 10.4. The Hall–Kier alpha value is -2.07. The van der Waals surface area contributed by atoms with E-state index in [9.17, 15) is 13.2 Å². The first-order valence-electron chi connectivity index (χ1n) is 8.74. The van der Waals surface area contributed by atoms with Crippen molar-refractivity contribution < 1.29 is 13.2 Å². The molecule has 1 N–H and O–H groups in total. The Morgan fingerprint density at radius 3 is 2.86 bits per heavy atom. The average Bonchev–Trinajstić information content (AvgIpc) is 3.32. The van der Waals surface area contributed by atoms with Crippen molar-refractivity contribution in [1.29, 1.82) is 0 Å². The smallest absolute Gasteiger partial charge is 0.230 e. The number of amides is 1. The molecular weight excluding hydrogens is 414 g/mol. The standard InChI is InChI=1S/C19H19N3O3S3/c1-28(24,25)22-8-7-15-13(11-22)4-2-5-16(15)21-18(23)10-14-12-27-19(20-14)17-6-3-9-26-17/h2-6,9,12H,7-8,10-11H2,1H3,(H,21,23). The molecule has 2 aromatic heterocycles. The van der Waals surface area contributed by atoms with Gasteiger partial charge in [0.25, 0.3) is 0 Å². The van der Waals surface area contributed by atoms with Crippen LogP contribution in [0.15, 0.2) is 41.1 Å². The number of nitrogens with zero attached hydrogens (tertiary/aromatic N) is 2. The van der Waals surface area contributed by atoms with Crippen LogP contribution in [0.25, 0.3) is 9.88 Å². The summed E-state index contributed by atoms with van der Waals surface area (Å²) in [7, 11) is -3.22. The van der Waals surface area contributed by atoms with E-state index in [1.165, 1.54) is 21.9 Å². The van der Waals surface area contributed by atoms with Crippen LogP contribution in [0.4, 0.5) is 5.69 Å². The average molecular weight is 434 g/mol. The highest BCUT2D eigenvalue weighted by atomic mass is 32.2. The maximum Gasteiger partial charge on any atom is 0.230 e. The molecule has 1 aliphatic rings. The molecule has 6 nitrogen and oxygen atoms in total. The zero-order chi connectivity index (χ0) is 19.7. The van der Waals surface area contributed by atoms with Crippen LogP contribution in [0.3, 0.4) is 0 Å². The zero-order valence-electron chi connectivity index (χ0n) is 15.2. The van der Waals surface area contributed by atoms with E-state index in [4.69, 9.17) is 0 Å². The van der Waals surface area contributed by atoms with Crippen LogP contribution in [0, 0.1) is 0 Å². The summed E-state index contributed by atoms with van der Waals surface area (Å²) in [6, 6.07) is 9.62. The summed E-state index contributed by atoms with van der Waals surface area (Å²) >= 11 is 3.17. The van der Waals surface area contributed by atoms with Gasteiger partial charge in [-0.05, 0) is 35.1 Å². The highest BCUT2D eigenvalue weighted by molar-refractivity contribution is 7.88. The molecule has 0 fully saturated rings. The topological polar surface area (TPSA) is 79.4 Å². The van der Waals surface area contributed by atoms with Gasteiger partial charge < -0.3 is 5.32 Å². The van der Waals surface area contributed by atoms with Gasteiger partial charge in [0.1, 0.15) is 5.01 Å². The molecule has 0 bridgehead atoms. The molecule has 0 atom stereocenters. The van der Waals surface area contributed by atoms with Gasteiger partial charge in [-0.2, -0.15) is 4.31 Å². The lowest BCUT2D eigenvalue weighted by atomic mass is 9.99. The van der Waals surface area contributed by atoms with Crippen LogP contribution < -0.4 is 5.32 Å². The Morgan fingerprint density at radius 1 is 1.25 bits per heavy atom. The van der Waals surface area contributed by atoms with Gasteiger partial charge in [0.15, 0.2) is 0 Å². The van der Waals surface area contributed by atoms with Crippen LogP contribution in [-0.2, 0) is 34.2 Å². The monoisotopic (exact) mass is 433 g/mol. The molecule has 146 valence electrons. The minimum atomic E-state index is -3.22. The number of benzene rings is 1. The van der Waals surface area contributed by atoms with E-state index < -0.39 is 10.0 Å². The maximum absolute atomic E-state index is 12.5. The van der Waals surface area contributed by atoms with Crippen molar-refractivity contribution in [2.24, 2.45) is 0 Å². The minimum Gasteiger partial charge on any atom is -0.325 e. The number of carbonyl (C=O) groups is 1. The second kappa shape index (κ2) is 7.75. The van der Waals surface area contributed by atoms with Gasteiger partial charge in [0.05, 0.1) is 23.2 Å². The molecular formula is C19H19N3O3S3. The van der Waals surface area contributed by atoms with Crippen LogP contribution in [0.2, 0.25) is 0 Å². The normalized spacial score (nSPS) is 14.6. The number of thiophene rings is 1. The highest BCUT2D eigenvalue weighted by Gasteiger charge is 2.25. The zero-order valence-corrected chi connectivity index (χ0v) is 17.7. The Balaban J connectivity index is 1.46. The molecule has 3 heterocycles. The second-order valence-electron chi connectivity index (χ2n) is 6.64. The third-order valence-electron chi connectivity index (χ3n) is 4.60. The first kappa shape index (κ1) is 19.3. The van der Waals surface area contributed by atoms with Crippen molar-refractivity contribution in [2.75, 3.05) is 18.1 Å². The molecule has 9 heteroatoms. The number of anilines is 1. The SMILES string of the molecule is CS(=O)(=O)N1CCc2c(cccc2NC(=O)Cc2csc(-c3cccs3)n2)C1. The molecule has 1 amide bonds. The number of nitrogens with one attached hydrogen (secondary N) is 1. The Bertz CT molecular complexity index is 1100. The van der Waals surface area contributed by atoms with Gasteiger partial charge in [-0.1, -0.05) is 18.2 Å². The number of rotatable bonds is 5. The molecule has 0 saturated carbocycles. The predicted molar refractivity (Wildman–Crippen MR) is 113 cm³/mol. The van der Waals surface area contributed by atoms with Crippen molar-refractivity contribution in [2.45, 2.75) is 19.4 Å². The van der Waals surface area contributed by atoms with Gasteiger partial charge in [0, 0.05) is 24.2 Å². The minimum absolute atomic E-state index is 0.123. The number of thiazole rings is 1. The lowest BCUT2D eigenvalue weighted by Gasteiger charge is -2.28. The molecule has 0 aliphatic carbocycles. The molecule has 28 heavy (non-hydrogen) atoms. The highest BCUT2D eigenvalue weighted by Crippen LogP contribution is 2.29. The van der Waals surface area contributed by atoms with Gasteiger partial charge in [0.2, 0.25) is 15.9 Å². The maximum atomic E-state index is 12.5. The van der Waals surface area contributed by atoms with Crippen molar-refractivity contribution in [1.82, 2.24) is 9.29 Å². The number of hydrogen-bond donors (Lipinski definition) is 1. The summed E-state index contributed by atoms with van der Waals surface area (Å²) < 4.78 is 25.1. The number of sulfonamides is 1. The largest absolute Gasteiger partial charge is 0.325 e. The van der Waals surface area contributed by atoms with Crippen LogP contribution in [-0.4, -0.2) is 36.4 Å². The fourth-order valence-corrected chi connectivity index (χ4v) is 5.67. The van der Waals surface area contributed by atoms with E-state index in [2.05, 4.69) is 10.3 Å². The molecule has 0 radical (unpaired) electrons. The van der Waals surface area contributed by atoms with E-state index in [0.29, 0.717) is 19.5 Å². The Labute approximate surface area is 171 Å². The molecule has 0 spiro atoms. The molecule has 1 aliphatic heterocycles. The summed E-state index contributed by atoms with van der Waals surface area (Å²) in [5.74, 6) is -0.123. The number of aromatic nitrogens is 1. The predicted octanol–water partition coefficient (Wildman–Crippen LogP) is 3.37. The number of fused-ring (bicyclic) bond motifs is 1. The summed E-state index contributed by atoms with van der Waals surface area (Å²) in [4.78, 5) is 18.2.